The van der Waals surface area contributed by atoms with Crippen molar-refractivity contribution in [2.24, 2.45) is 0 Å². The van der Waals surface area contributed by atoms with Gasteiger partial charge in [0.1, 0.15) is 5.75 Å². The number of rotatable bonds is 4. The third-order valence-electron chi connectivity index (χ3n) is 2.60. The lowest BCUT2D eigenvalue weighted by molar-refractivity contribution is -0.113. The van der Waals surface area contributed by atoms with Crippen LogP contribution in [0.1, 0.15) is 5.56 Å². The second-order valence-corrected chi connectivity index (χ2v) is 6.55. The Morgan fingerprint density at radius 3 is 2.71 bits per heavy atom. The van der Waals surface area contributed by atoms with E-state index in [0.29, 0.717) is 16.1 Å². The maximum Gasteiger partial charge on any atom is 0.237 e. The minimum atomic E-state index is -1.41. The molecule has 0 heterocycles. The van der Waals surface area contributed by atoms with E-state index in [4.69, 9.17) is 5.26 Å². The first kappa shape index (κ1) is 15.4. The monoisotopic (exact) mass is 362 g/mol. The number of hydrogen-bond donors (Lipinski definition) is 1. The zero-order valence-corrected chi connectivity index (χ0v) is 13.3. The van der Waals surface area contributed by atoms with Crippen molar-refractivity contribution < 1.29 is 9.00 Å². The molecule has 0 aromatic heterocycles. The number of carbonyl (C=O) groups is 1. The van der Waals surface area contributed by atoms with Crippen molar-refractivity contribution in [1.82, 2.24) is 0 Å². The van der Waals surface area contributed by atoms with Crippen molar-refractivity contribution in [3.63, 3.8) is 0 Å². The molecule has 21 heavy (non-hydrogen) atoms. The van der Waals surface area contributed by atoms with E-state index in [1.807, 2.05) is 12.1 Å². The van der Waals surface area contributed by atoms with E-state index in [2.05, 4.69) is 21.2 Å². The number of nitrogens with zero attached hydrogens (tertiary/aromatic N) is 1. The van der Waals surface area contributed by atoms with Crippen LogP contribution in [0.4, 0.5) is 5.69 Å². The molecule has 2 rings (SSSR count). The normalized spacial score (nSPS) is 11.4. The van der Waals surface area contributed by atoms with E-state index < -0.39 is 10.8 Å². The average molecular weight is 363 g/mol. The standard InChI is InChI=1S/C15H11BrN2O2S/c16-12-4-2-6-14(8-12)21(20)10-15(19)18-13-5-1-3-11(7-13)9-17/h1-8H,10H2,(H,18,19). The number of nitrogens with one attached hydrogen (secondary N) is 1. The summed E-state index contributed by atoms with van der Waals surface area (Å²) in [6.45, 7) is 0. The quantitative estimate of drug-likeness (QED) is 0.908. The summed E-state index contributed by atoms with van der Waals surface area (Å²) in [4.78, 5) is 12.5. The molecular formula is C15H11BrN2O2S. The number of hydrogen-bond acceptors (Lipinski definition) is 3. The molecular weight excluding hydrogens is 352 g/mol. The molecule has 4 nitrogen and oxygen atoms in total. The van der Waals surface area contributed by atoms with Crippen LogP contribution in [-0.4, -0.2) is 15.9 Å². The number of nitriles is 1. The molecule has 0 radical (unpaired) electrons. The molecule has 1 atom stereocenters. The third-order valence-corrected chi connectivity index (χ3v) is 4.39. The molecule has 2 aromatic rings. The summed E-state index contributed by atoms with van der Waals surface area (Å²) in [7, 11) is -1.41. The van der Waals surface area contributed by atoms with Crippen LogP contribution in [0.5, 0.6) is 0 Å². The average Bonchev–Trinajstić information content (AvgIpc) is 2.47. The summed E-state index contributed by atoms with van der Waals surface area (Å²) >= 11 is 3.30. The minimum Gasteiger partial charge on any atom is -0.325 e. The van der Waals surface area contributed by atoms with E-state index in [0.717, 1.165) is 4.47 Å². The van der Waals surface area contributed by atoms with Gasteiger partial charge >= 0.3 is 0 Å². The van der Waals surface area contributed by atoms with Crippen molar-refractivity contribution in [1.29, 1.82) is 5.26 Å². The predicted molar refractivity (Wildman–Crippen MR) is 85.2 cm³/mol. The summed E-state index contributed by atoms with van der Waals surface area (Å²) in [5.41, 5.74) is 0.978. The summed E-state index contributed by atoms with van der Waals surface area (Å²) in [5.74, 6) is -0.490. The van der Waals surface area contributed by atoms with Gasteiger partial charge in [-0.3, -0.25) is 9.00 Å². The summed E-state index contributed by atoms with van der Waals surface area (Å²) in [6, 6.07) is 15.6. The van der Waals surface area contributed by atoms with Crippen LogP contribution in [0.25, 0.3) is 0 Å². The van der Waals surface area contributed by atoms with E-state index in [1.165, 1.54) is 0 Å². The Balaban J connectivity index is 2.01. The van der Waals surface area contributed by atoms with E-state index >= 15 is 0 Å². The zero-order chi connectivity index (χ0) is 15.2. The van der Waals surface area contributed by atoms with Crippen molar-refractivity contribution in [3.8, 4) is 6.07 Å². The fourth-order valence-corrected chi connectivity index (χ4v) is 3.19. The first-order valence-corrected chi connectivity index (χ1v) is 8.13. The molecule has 0 bridgehead atoms. The molecule has 0 aliphatic rings. The van der Waals surface area contributed by atoms with Gasteiger partial charge in [0.15, 0.2) is 0 Å². The molecule has 0 saturated carbocycles. The van der Waals surface area contributed by atoms with Crippen LogP contribution in [0.3, 0.4) is 0 Å². The van der Waals surface area contributed by atoms with Gasteiger partial charge in [0, 0.05) is 15.1 Å². The molecule has 6 heteroatoms. The third kappa shape index (κ3) is 4.52. The molecule has 1 N–H and O–H groups in total. The highest BCUT2D eigenvalue weighted by Gasteiger charge is 2.11. The van der Waals surface area contributed by atoms with Crippen LogP contribution < -0.4 is 5.32 Å². The van der Waals surface area contributed by atoms with Gasteiger partial charge in [-0.2, -0.15) is 5.26 Å². The lowest BCUT2D eigenvalue weighted by Gasteiger charge is -2.06. The lowest BCUT2D eigenvalue weighted by Crippen LogP contribution is -2.19. The summed E-state index contributed by atoms with van der Waals surface area (Å²) < 4.78 is 12.9. The highest BCUT2D eigenvalue weighted by Crippen LogP contribution is 2.15. The maximum atomic E-state index is 12.1. The summed E-state index contributed by atoms with van der Waals surface area (Å²) in [6.07, 6.45) is 0. The number of benzene rings is 2. The molecule has 1 amide bonds. The molecule has 0 aliphatic heterocycles. The Bertz CT molecular complexity index is 740. The van der Waals surface area contributed by atoms with Crippen LogP contribution in [0, 0.1) is 11.3 Å². The minimum absolute atomic E-state index is 0.132. The van der Waals surface area contributed by atoms with Gasteiger partial charge in [-0.1, -0.05) is 28.1 Å². The van der Waals surface area contributed by atoms with E-state index in [-0.39, 0.29) is 11.7 Å². The first-order chi connectivity index (χ1) is 10.1. The van der Waals surface area contributed by atoms with Crippen LogP contribution in [-0.2, 0) is 15.6 Å². The molecule has 1 unspecified atom stereocenters. The Labute approximate surface area is 133 Å². The van der Waals surface area contributed by atoms with Crippen LogP contribution in [0.15, 0.2) is 57.9 Å². The number of anilines is 1. The van der Waals surface area contributed by atoms with Crippen molar-refractivity contribution in [2.75, 3.05) is 11.1 Å². The highest BCUT2D eigenvalue weighted by molar-refractivity contribution is 9.10. The van der Waals surface area contributed by atoms with E-state index in [9.17, 15) is 9.00 Å². The van der Waals surface area contributed by atoms with Crippen LogP contribution >= 0.6 is 15.9 Å². The topological polar surface area (TPSA) is 70.0 Å². The zero-order valence-electron chi connectivity index (χ0n) is 10.9. The van der Waals surface area contributed by atoms with Crippen molar-refractivity contribution in [2.45, 2.75) is 4.90 Å². The Kier molecular flexibility index (Phi) is 5.26. The molecule has 2 aromatic carbocycles. The molecule has 0 saturated heterocycles. The molecule has 106 valence electrons. The predicted octanol–water partition coefficient (Wildman–Crippen LogP) is 3.07. The number of amides is 1. The highest BCUT2D eigenvalue weighted by atomic mass is 79.9. The van der Waals surface area contributed by atoms with Gasteiger partial charge in [0.05, 0.1) is 22.4 Å². The van der Waals surface area contributed by atoms with Gasteiger partial charge in [-0.05, 0) is 36.4 Å². The fraction of sp³-hybridized carbons (Fsp3) is 0.0667. The first-order valence-electron chi connectivity index (χ1n) is 6.02. The SMILES string of the molecule is N#Cc1cccc(NC(=O)CS(=O)c2cccc(Br)c2)c1. The molecule has 0 fully saturated rings. The second-order valence-electron chi connectivity index (χ2n) is 4.19. The molecule has 0 aliphatic carbocycles. The van der Waals surface area contributed by atoms with Gasteiger partial charge < -0.3 is 5.32 Å². The van der Waals surface area contributed by atoms with Gasteiger partial charge in [0.25, 0.3) is 0 Å². The Morgan fingerprint density at radius 2 is 2.00 bits per heavy atom. The summed E-state index contributed by atoms with van der Waals surface area (Å²) in [5, 5.41) is 11.4. The lowest BCUT2D eigenvalue weighted by atomic mass is 10.2. The second kappa shape index (κ2) is 7.16. The van der Waals surface area contributed by atoms with E-state index in [1.54, 1.807) is 42.5 Å². The van der Waals surface area contributed by atoms with Crippen LogP contribution in [0.2, 0.25) is 0 Å². The molecule has 0 spiro atoms. The van der Waals surface area contributed by atoms with Gasteiger partial charge in [-0.15, -0.1) is 0 Å². The van der Waals surface area contributed by atoms with Gasteiger partial charge in [-0.25, -0.2) is 0 Å². The van der Waals surface area contributed by atoms with Gasteiger partial charge in [0.2, 0.25) is 5.91 Å². The smallest absolute Gasteiger partial charge is 0.237 e. The fourth-order valence-electron chi connectivity index (χ4n) is 1.67. The number of halogens is 1. The largest absolute Gasteiger partial charge is 0.325 e. The maximum absolute atomic E-state index is 12.1. The Morgan fingerprint density at radius 1 is 1.24 bits per heavy atom. The van der Waals surface area contributed by atoms with Crippen molar-refractivity contribution in [3.05, 3.63) is 58.6 Å². The Hall–Kier alpha value is -1.97. The van der Waals surface area contributed by atoms with Crippen molar-refractivity contribution >= 4 is 38.3 Å². The number of carbonyl (C=O) groups excluding carboxylic acids is 1.